The Morgan fingerprint density at radius 2 is 1.88 bits per heavy atom. The van der Waals surface area contributed by atoms with Crippen LogP contribution in [0.1, 0.15) is 18.5 Å². The number of likely N-dealkylation sites (tertiary alicyclic amines) is 1. The van der Waals surface area contributed by atoms with Gasteiger partial charge in [0.15, 0.2) is 0 Å². The summed E-state index contributed by atoms with van der Waals surface area (Å²) in [7, 11) is 3.58. The largest absolute Gasteiger partial charge is 0.483 e. The molecule has 3 rings (SSSR count). The van der Waals surface area contributed by atoms with Crippen molar-refractivity contribution < 1.29 is 19.5 Å². The van der Waals surface area contributed by atoms with E-state index < -0.39 is 0 Å². The second-order valence-electron chi connectivity index (χ2n) is 8.25. The van der Waals surface area contributed by atoms with Gasteiger partial charge in [0.1, 0.15) is 0 Å². The Morgan fingerprint density at radius 3 is 2.56 bits per heavy atom. The second-order valence-corrected chi connectivity index (χ2v) is 9.23. The summed E-state index contributed by atoms with van der Waals surface area (Å²) in [5, 5.41) is 18.6. The van der Waals surface area contributed by atoms with Crippen molar-refractivity contribution in [2.45, 2.75) is 25.3 Å². The van der Waals surface area contributed by atoms with E-state index in [1.165, 1.54) is 4.68 Å². The number of aryl methyl sites for hydroxylation is 1. The molecular formula is C23H33N5O5S. The molecule has 3 N–H and O–H groups in total. The van der Waals surface area contributed by atoms with Crippen LogP contribution in [-0.4, -0.2) is 82.8 Å². The third-order valence-electron chi connectivity index (χ3n) is 5.63. The number of carbonyl (C=O) groups excluding carboxylic acids is 2. The van der Waals surface area contributed by atoms with Crippen LogP contribution in [-0.2, 0) is 27.9 Å². The summed E-state index contributed by atoms with van der Waals surface area (Å²) in [6.07, 6.45) is 3.61. The van der Waals surface area contributed by atoms with Crippen LogP contribution in [0.4, 0.5) is 0 Å². The van der Waals surface area contributed by atoms with Gasteiger partial charge in [0.05, 0.1) is 23.4 Å². The predicted molar refractivity (Wildman–Crippen MR) is 133 cm³/mol. The molecule has 1 aliphatic rings. The van der Waals surface area contributed by atoms with Crippen molar-refractivity contribution in [3.05, 3.63) is 40.3 Å². The van der Waals surface area contributed by atoms with Crippen molar-refractivity contribution in [3.63, 3.8) is 0 Å². The summed E-state index contributed by atoms with van der Waals surface area (Å²) in [5.41, 5.74) is 0.412. The summed E-state index contributed by atoms with van der Waals surface area (Å²) in [6, 6.07) is 7.20. The first-order valence-corrected chi connectivity index (χ1v) is 12.5. The Kier molecular flexibility index (Phi) is 11.0. The fourth-order valence-electron chi connectivity index (χ4n) is 4.10. The van der Waals surface area contributed by atoms with Crippen LogP contribution in [0, 0.1) is 5.92 Å². The third kappa shape index (κ3) is 7.84. The lowest BCUT2D eigenvalue weighted by molar-refractivity contribution is -0.125. The molecule has 0 bridgehead atoms. The number of aromatic nitrogens is 2. The summed E-state index contributed by atoms with van der Waals surface area (Å²) in [4.78, 5) is 48.0. The minimum Gasteiger partial charge on any atom is -0.483 e. The summed E-state index contributed by atoms with van der Waals surface area (Å²) in [5.74, 6) is 0.801. The lowest BCUT2D eigenvalue weighted by Gasteiger charge is -2.22. The molecule has 1 aromatic carbocycles. The van der Waals surface area contributed by atoms with Gasteiger partial charge in [-0.2, -0.15) is 16.9 Å². The van der Waals surface area contributed by atoms with Gasteiger partial charge >= 0.3 is 0 Å². The number of carboxylic acid groups (broad SMARTS) is 1. The van der Waals surface area contributed by atoms with E-state index in [1.807, 2.05) is 31.5 Å². The van der Waals surface area contributed by atoms with Crippen LogP contribution in [0.2, 0.25) is 0 Å². The molecule has 1 fully saturated rings. The lowest BCUT2D eigenvalue weighted by Crippen LogP contribution is -2.42. The molecule has 2 atom stereocenters. The van der Waals surface area contributed by atoms with Crippen LogP contribution < -0.4 is 16.2 Å². The highest BCUT2D eigenvalue weighted by Gasteiger charge is 2.27. The Bertz CT molecular complexity index is 1040. The molecule has 0 radical (unpaired) electrons. The molecule has 1 aliphatic heterocycles. The van der Waals surface area contributed by atoms with Crippen molar-refractivity contribution in [3.8, 4) is 0 Å². The number of fused-ring (bicyclic) bond motifs is 1. The van der Waals surface area contributed by atoms with E-state index >= 15 is 0 Å². The fourth-order valence-corrected chi connectivity index (χ4v) is 4.41. The number of nitrogens with zero attached hydrogens (tertiary/aromatic N) is 3. The number of hydrogen-bond donors (Lipinski definition) is 3. The van der Waals surface area contributed by atoms with Gasteiger partial charge < -0.3 is 20.6 Å². The minimum atomic E-state index is -0.250. The molecule has 0 saturated carbocycles. The Labute approximate surface area is 203 Å². The zero-order valence-electron chi connectivity index (χ0n) is 19.8. The number of nitrogens with one attached hydrogen (secondary N) is 2. The maximum atomic E-state index is 12.8. The van der Waals surface area contributed by atoms with Gasteiger partial charge in [0.25, 0.3) is 12.0 Å². The fraction of sp³-hybridized carbons (Fsp3) is 0.522. The molecule has 1 aromatic heterocycles. The van der Waals surface area contributed by atoms with Crippen molar-refractivity contribution in [2.75, 3.05) is 38.7 Å². The van der Waals surface area contributed by atoms with Gasteiger partial charge in [-0.25, -0.2) is 4.68 Å². The highest BCUT2D eigenvalue weighted by molar-refractivity contribution is 7.98. The topological polar surface area (TPSA) is 134 Å². The number of hydrogen-bond acceptors (Lipinski definition) is 7. The summed E-state index contributed by atoms with van der Waals surface area (Å²) in [6.45, 7) is 1.81. The average molecular weight is 492 g/mol. The monoisotopic (exact) mass is 491 g/mol. The first-order chi connectivity index (χ1) is 16.3. The quantitative estimate of drug-likeness (QED) is 0.376. The van der Waals surface area contributed by atoms with Crippen molar-refractivity contribution in [1.29, 1.82) is 0 Å². The first kappa shape index (κ1) is 27.3. The summed E-state index contributed by atoms with van der Waals surface area (Å²) >= 11 is 1.71. The molecule has 11 heteroatoms. The van der Waals surface area contributed by atoms with Crippen LogP contribution in [0.5, 0.6) is 0 Å². The Morgan fingerprint density at radius 1 is 1.21 bits per heavy atom. The maximum Gasteiger partial charge on any atom is 0.290 e. The number of benzene rings is 1. The number of likely N-dealkylation sites (N-methyl/N-ethyl adjacent to an activating group) is 1. The highest BCUT2D eigenvalue weighted by Crippen LogP contribution is 2.17. The first-order valence-electron chi connectivity index (χ1n) is 11.1. The van der Waals surface area contributed by atoms with E-state index in [4.69, 9.17) is 9.90 Å². The predicted octanol–water partition coefficient (Wildman–Crippen LogP) is 0.483. The highest BCUT2D eigenvalue weighted by atomic mass is 32.2. The minimum absolute atomic E-state index is 0.0275. The van der Waals surface area contributed by atoms with E-state index in [0.29, 0.717) is 36.1 Å². The molecule has 1 saturated heterocycles. The van der Waals surface area contributed by atoms with E-state index in [9.17, 15) is 14.4 Å². The number of rotatable bonds is 7. The molecule has 0 unspecified atom stereocenters. The van der Waals surface area contributed by atoms with E-state index in [2.05, 4.69) is 20.6 Å². The average Bonchev–Trinajstić information content (AvgIpc) is 2.98. The maximum absolute atomic E-state index is 12.8. The molecule has 34 heavy (non-hydrogen) atoms. The van der Waals surface area contributed by atoms with E-state index in [1.54, 1.807) is 24.9 Å². The second kappa shape index (κ2) is 13.7. The SMILES string of the molecule is CSCCNC(=O)[C@@H]1CC[C@H](NC(=O)Cc2nn(C)c(=O)c3ccccc23)CN(C)C1.O=CO. The molecule has 2 heterocycles. The molecule has 2 amide bonds. The van der Waals surface area contributed by atoms with Crippen molar-refractivity contribution in [1.82, 2.24) is 25.3 Å². The lowest BCUT2D eigenvalue weighted by atomic mass is 10.0. The van der Waals surface area contributed by atoms with Crippen molar-refractivity contribution >= 4 is 40.8 Å². The van der Waals surface area contributed by atoms with Crippen LogP contribution in [0.3, 0.4) is 0 Å². The van der Waals surface area contributed by atoms with E-state index in [-0.39, 0.29) is 42.2 Å². The van der Waals surface area contributed by atoms with Gasteiger partial charge in [-0.3, -0.25) is 19.2 Å². The van der Waals surface area contributed by atoms with Gasteiger partial charge in [-0.05, 0) is 32.2 Å². The Hall–Kier alpha value is -2.92. The molecule has 0 aliphatic carbocycles. The molecule has 2 aromatic rings. The van der Waals surface area contributed by atoms with Crippen LogP contribution in [0.25, 0.3) is 10.8 Å². The number of thioether (sulfide) groups is 1. The smallest absolute Gasteiger partial charge is 0.290 e. The molecule has 10 nitrogen and oxygen atoms in total. The van der Waals surface area contributed by atoms with Gasteiger partial charge in [0, 0.05) is 43.9 Å². The standard InChI is InChI=1S/C22H31N5O3S.CH2O2/c1-26-13-15(21(29)23-10-11-31-3)8-9-16(14-26)24-20(28)12-19-17-6-4-5-7-18(17)22(30)27(2)25-19;2-1-3/h4-7,15-16H,8-14H2,1-3H3,(H,23,29)(H,24,28);1H,(H,2,3)/t15-,16+;/m1./s1. The Balaban J connectivity index is 0.00000129. The number of amides is 2. The van der Waals surface area contributed by atoms with Gasteiger partial charge in [0.2, 0.25) is 11.8 Å². The third-order valence-corrected chi connectivity index (χ3v) is 6.24. The van der Waals surface area contributed by atoms with E-state index in [0.717, 1.165) is 18.6 Å². The normalized spacial score (nSPS) is 18.3. The zero-order chi connectivity index (χ0) is 25.1. The molecule has 186 valence electrons. The zero-order valence-corrected chi connectivity index (χ0v) is 20.6. The van der Waals surface area contributed by atoms with Gasteiger partial charge in [-0.15, -0.1) is 0 Å². The molecule has 0 spiro atoms. The van der Waals surface area contributed by atoms with Crippen LogP contribution in [0.15, 0.2) is 29.1 Å². The molecular weight excluding hydrogens is 458 g/mol. The summed E-state index contributed by atoms with van der Waals surface area (Å²) < 4.78 is 1.28. The number of carbonyl (C=O) groups is 3. The van der Waals surface area contributed by atoms with Gasteiger partial charge in [-0.1, -0.05) is 18.2 Å². The van der Waals surface area contributed by atoms with Crippen molar-refractivity contribution in [2.24, 2.45) is 13.0 Å². The van der Waals surface area contributed by atoms with Crippen LogP contribution >= 0.6 is 11.8 Å².